The van der Waals surface area contributed by atoms with Crippen molar-refractivity contribution in [2.24, 2.45) is 0 Å². The molecule has 0 fully saturated rings. The van der Waals surface area contributed by atoms with E-state index in [0.29, 0.717) is 11.4 Å². The molecular formula is C10H11N3O. The van der Waals surface area contributed by atoms with Crippen molar-refractivity contribution in [3.8, 4) is 17.1 Å². The molecule has 0 unspecified atom stereocenters. The van der Waals surface area contributed by atoms with Crippen LogP contribution in [0.2, 0.25) is 0 Å². The van der Waals surface area contributed by atoms with Crippen LogP contribution in [0.3, 0.4) is 0 Å². The Kier molecular flexibility index (Phi) is 2.18. The first-order valence-corrected chi connectivity index (χ1v) is 4.51. The molecule has 0 amide bonds. The molecule has 0 aliphatic carbocycles. The molecule has 0 atom stereocenters. The minimum atomic E-state index is 0.203. The first kappa shape index (κ1) is 8.74. The molecule has 1 aromatic carbocycles. The smallest absolute Gasteiger partial charge is 0.184 e. The number of aromatic nitrogens is 3. The van der Waals surface area contributed by atoms with Crippen LogP contribution in [0.4, 0.5) is 0 Å². The Hall–Kier alpha value is -1.84. The molecule has 1 aromatic heterocycles. The van der Waals surface area contributed by atoms with E-state index >= 15 is 0 Å². The van der Waals surface area contributed by atoms with E-state index in [9.17, 15) is 5.11 Å². The normalized spacial score (nSPS) is 10.4. The number of hydrogen-bond acceptors (Lipinski definition) is 3. The summed E-state index contributed by atoms with van der Waals surface area (Å²) in [5.41, 5.74) is 0.656. The molecule has 2 rings (SSSR count). The lowest BCUT2D eigenvalue weighted by Gasteiger charge is -1.97. The number of nitrogens with zero attached hydrogens (tertiary/aromatic N) is 2. The van der Waals surface area contributed by atoms with Gasteiger partial charge in [-0.2, -0.15) is 5.10 Å². The summed E-state index contributed by atoms with van der Waals surface area (Å²) < 4.78 is 0. The van der Waals surface area contributed by atoms with Crippen LogP contribution in [-0.2, 0) is 6.42 Å². The molecule has 2 aromatic rings. The first-order chi connectivity index (χ1) is 6.81. The zero-order valence-corrected chi connectivity index (χ0v) is 7.86. The SMILES string of the molecule is CCc1nc(-c2ccccc2O)n[nH]1. The summed E-state index contributed by atoms with van der Waals surface area (Å²) in [7, 11) is 0. The fourth-order valence-corrected chi connectivity index (χ4v) is 1.24. The van der Waals surface area contributed by atoms with Gasteiger partial charge in [-0.15, -0.1) is 0 Å². The van der Waals surface area contributed by atoms with E-state index in [2.05, 4.69) is 15.2 Å². The molecule has 14 heavy (non-hydrogen) atoms. The molecule has 0 bridgehead atoms. The number of phenols is 1. The van der Waals surface area contributed by atoms with Gasteiger partial charge in [-0.3, -0.25) is 5.10 Å². The third-order valence-electron chi connectivity index (χ3n) is 2.01. The summed E-state index contributed by atoms with van der Waals surface area (Å²) in [6, 6.07) is 7.03. The summed E-state index contributed by atoms with van der Waals surface area (Å²) >= 11 is 0. The van der Waals surface area contributed by atoms with Gasteiger partial charge in [-0.05, 0) is 12.1 Å². The Labute approximate surface area is 81.6 Å². The van der Waals surface area contributed by atoms with Gasteiger partial charge in [0.15, 0.2) is 5.82 Å². The minimum Gasteiger partial charge on any atom is -0.507 e. The predicted octanol–water partition coefficient (Wildman–Crippen LogP) is 1.74. The Bertz CT molecular complexity index is 436. The average molecular weight is 189 g/mol. The zero-order valence-electron chi connectivity index (χ0n) is 7.86. The lowest BCUT2D eigenvalue weighted by atomic mass is 10.2. The highest BCUT2D eigenvalue weighted by molar-refractivity contribution is 5.62. The lowest BCUT2D eigenvalue weighted by molar-refractivity contribution is 0.477. The van der Waals surface area contributed by atoms with Gasteiger partial charge in [0, 0.05) is 6.42 Å². The Balaban J connectivity index is 2.44. The van der Waals surface area contributed by atoms with E-state index in [0.717, 1.165) is 12.2 Å². The summed E-state index contributed by atoms with van der Waals surface area (Å²) in [6.45, 7) is 2.00. The lowest BCUT2D eigenvalue weighted by Crippen LogP contribution is -1.82. The van der Waals surface area contributed by atoms with Crippen LogP contribution in [0.5, 0.6) is 5.75 Å². The number of aromatic hydroxyl groups is 1. The van der Waals surface area contributed by atoms with Crippen molar-refractivity contribution in [1.29, 1.82) is 0 Å². The van der Waals surface area contributed by atoms with E-state index in [1.54, 1.807) is 18.2 Å². The fourth-order valence-electron chi connectivity index (χ4n) is 1.24. The van der Waals surface area contributed by atoms with Crippen LogP contribution in [0, 0.1) is 0 Å². The van der Waals surface area contributed by atoms with Crippen molar-refractivity contribution in [1.82, 2.24) is 15.2 Å². The van der Waals surface area contributed by atoms with E-state index in [1.165, 1.54) is 0 Å². The van der Waals surface area contributed by atoms with Crippen molar-refractivity contribution in [2.45, 2.75) is 13.3 Å². The van der Waals surface area contributed by atoms with Crippen molar-refractivity contribution < 1.29 is 5.11 Å². The second kappa shape index (κ2) is 3.49. The van der Waals surface area contributed by atoms with Crippen LogP contribution in [0.1, 0.15) is 12.7 Å². The van der Waals surface area contributed by atoms with Crippen LogP contribution in [0.25, 0.3) is 11.4 Å². The van der Waals surface area contributed by atoms with Gasteiger partial charge in [-0.25, -0.2) is 4.98 Å². The number of para-hydroxylation sites is 1. The number of aromatic amines is 1. The molecule has 1 heterocycles. The zero-order chi connectivity index (χ0) is 9.97. The summed E-state index contributed by atoms with van der Waals surface area (Å²) in [5.74, 6) is 1.57. The fraction of sp³-hybridized carbons (Fsp3) is 0.200. The minimum absolute atomic E-state index is 0.203. The molecule has 0 spiro atoms. The number of benzene rings is 1. The number of hydrogen-bond donors (Lipinski definition) is 2. The molecule has 0 aliphatic rings. The molecule has 2 N–H and O–H groups in total. The van der Waals surface area contributed by atoms with E-state index in [4.69, 9.17) is 0 Å². The first-order valence-electron chi connectivity index (χ1n) is 4.51. The molecule has 4 nitrogen and oxygen atoms in total. The molecule has 0 saturated carbocycles. The molecular weight excluding hydrogens is 178 g/mol. The van der Waals surface area contributed by atoms with Crippen LogP contribution in [-0.4, -0.2) is 20.3 Å². The highest BCUT2D eigenvalue weighted by Gasteiger charge is 2.07. The standard InChI is InChI=1S/C10H11N3O/c1-2-9-11-10(13-12-9)7-5-3-4-6-8(7)14/h3-6,14H,2H2,1H3,(H,11,12,13). The van der Waals surface area contributed by atoms with Crippen molar-refractivity contribution in [2.75, 3.05) is 0 Å². The maximum absolute atomic E-state index is 9.55. The van der Waals surface area contributed by atoms with Gasteiger partial charge in [-0.1, -0.05) is 19.1 Å². The Morgan fingerprint density at radius 2 is 2.14 bits per heavy atom. The molecule has 4 heteroatoms. The molecule has 0 aliphatic heterocycles. The third kappa shape index (κ3) is 1.46. The quantitative estimate of drug-likeness (QED) is 0.756. The largest absolute Gasteiger partial charge is 0.507 e. The van der Waals surface area contributed by atoms with Crippen molar-refractivity contribution >= 4 is 0 Å². The molecule has 0 radical (unpaired) electrons. The molecule has 0 saturated heterocycles. The Morgan fingerprint density at radius 3 is 2.79 bits per heavy atom. The summed E-state index contributed by atoms with van der Waals surface area (Å²) in [6.07, 6.45) is 0.806. The monoisotopic (exact) mass is 189 g/mol. The average Bonchev–Trinajstić information content (AvgIpc) is 2.67. The number of aryl methyl sites for hydroxylation is 1. The number of rotatable bonds is 2. The predicted molar refractivity (Wildman–Crippen MR) is 52.9 cm³/mol. The van der Waals surface area contributed by atoms with Crippen LogP contribution >= 0.6 is 0 Å². The van der Waals surface area contributed by atoms with E-state index in [1.807, 2.05) is 13.0 Å². The highest BCUT2D eigenvalue weighted by Crippen LogP contribution is 2.25. The summed E-state index contributed by atoms with van der Waals surface area (Å²) in [4.78, 5) is 4.23. The van der Waals surface area contributed by atoms with Gasteiger partial charge in [0.2, 0.25) is 0 Å². The van der Waals surface area contributed by atoms with Crippen LogP contribution in [0.15, 0.2) is 24.3 Å². The van der Waals surface area contributed by atoms with Crippen molar-refractivity contribution in [3.05, 3.63) is 30.1 Å². The van der Waals surface area contributed by atoms with Gasteiger partial charge < -0.3 is 5.11 Å². The molecule has 72 valence electrons. The van der Waals surface area contributed by atoms with E-state index in [-0.39, 0.29) is 5.75 Å². The van der Waals surface area contributed by atoms with Gasteiger partial charge in [0.05, 0.1) is 5.56 Å². The third-order valence-corrected chi connectivity index (χ3v) is 2.01. The number of nitrogens with one attached hydrogen (secondary N) is 1. The highest BCUT2D eigenvalue weighted by atomic mass is 16.3. The number of phenolic OH excluding ortho intramolecular Hbond substituents is 1. The second-order valence-corrected chi connectivity index (χ2v) is 2.98. The number of H-pyrrole nitrogens is 1. The topological polar surface area (TPSA) is 61.8 Å². The summed E-state index contributed by atoms with van der Waals surface area (Å²) in [5, 5.41) is 16.4. The maximum Gasteiger partial charge on any atom is 0.184 e. The Morgan fingerprint density at radius 1 is 1.36 bits per heavy atom. The van der Waals surface area contributed by atoms with Gasteiger partial charge in [0.25, 0.3) is 0 Å². The van der Waals surface area contributed by atoms with Gasteiger partial charge in [0.1, 0.15) is 11.6 Å². The second-order valence-electron chi connectivity index (χ2n) is 2.98. The van der Waals surface area contributed by atoms with Crippen LogP contribution < -0.4 is 0 Å². The van der Waals surface area contributed by atoms with Gasteiger partial charge >= 0.3 is 0 Å². The maximum atomic E-state index is 9.55. The van der Waals surface area contributed by atoms with Crippen molar-refractivity contribution in [3.63, 3.8) is 0 Å². The van der Waals surface area contributed by atoms with E-state index < -0.39 is 0 Å².